The Kier molecular flexibility index (Phi) is 3.54. The average Bonchev–Trinajstić information content (AvgIpc) is 2.27. The molecule has 88 valence electrons. The standard InChI is InChI=1S/C12H13ClN4/c1-8-3-4-14-6-10(8)7-15-12-5-11(13)16-9(2)17-12/h3-6H,7H2,1-2H3,(H,15,16,17). The van der Waals surface area contributed by atoms with Gasteiger partial charge in [-0.05, 0) is 31.0 Å². The summed E-state index contributed by atoms with van der Waals surface area (Å²) in [7, 11) is 0. The molecule has 0 aliphatic rings. The summed E-state index contributed by atoms with van der Waals surface area (Å²) in [6.07, 6.45) is 3.63. The van der Waals surface area contributed by atoms with Gasteiger partial charge in [-0.1, -0.05) is 11.6 Å². The van der Waals surface area contributed by atoms with E-state index in [4.69, 9.17) is 11.6 Å². The summed E-state index contributed by atoms with van der Waals surface area (Å²) in [4.78, 5) is 12.4. The van der Waals surface area contributed by atoms with Crippen molar-refractivity contribution in [3.63, 3.8) is 0 Å². The monoisotopic (exact) mass is 248 g/mol. The quantitative estimate of drug-likeness (QED) is 0.849. The minimum atomic E-state index is 0.447. The highest BCUT2D eigenvalue weighted by Crippen LogP contribution is 2.13. The zero-order chi connectivity index (χ0) is 12.3. The van der Waals surface area contributed by atoms with Gasteiger partial charge in [-0.3, -0.25) is 4.98 Å². The van der Waals surface area contributed by atoms with Crippen LogP contribution in [0.15, 0.2) is 24.5 Å². The van der Waals surface area contributed by atoms with Crippen LogP contribution in [-0.2, 0) is 6.54 Å². The van der Waals surface area contributed by atoms with E-state index in [1.807, 2.05) is 19.2 Å². The fourth-order valence-corrected chi connectivity index (χ4v) is 1.72. The molecule has 0 saturated carbocycles. The Labute approximate surface area is 105 Å². The first-order chi connectivity index (χ1) is 8.15. The summed E-state index contributed by atoms with van der Waals surface area (Å²) in [5.41, 5.74) is 2.34. The van der Waals surface area contributed by atoms with Gasteiger partial charge in [0.25, 0.3) is 0 Å². The van der Waals surface area contributed by atoms with E-state index >= 15 is 0 Å². The van der Waals surface area contributed by atoms with Crippen molar-refractivity contribution < 1.29 is 0 Å². The van der Waals surface area contributed by atoms with Crippen molar-refractivity contribution in [3.8, 4) is 0 Å². The maximum Gasteiger partial charge on any atom is 0.134 e. The molecular formula is C12H13ClN4. The predicted octanol–water partition coefficient (Wildman–Crippen LogP) is 2.75. The molecule has 4 nitrogen and oxygen atoms in total. The van der Waals surface area contributed by atoms with Crippen LogP contribution in [0.5, 0.6) is 0 Å². The van der Waals surface area contributed by atoms with E-state index in [9.17, 15) is 0 Å². The van der Waals surface area contributed by atoms with Crippen molar-refractivity contribution in [3.05, 3.63) is 46.6 Å². The summed E-state index contributed by atoms with van der Waals surface area (Å²) in [6, 6.07) is 3.69. The second kappa shape index (κ2) is 5.10. The average molecular weight is 249 g/mol. The van der Waals surface area contributed by atoms with Gasteiger partial charge in [-0.15, -0.1) is 0 Å². The lowest BCUT2D eigenvalue weighted by molar-refractivity contribution is 1.01. The smallest absolute Gasteiger partial charge is 0.134 e. The first-order valence-electron chi connectivity index (χ1n) is 5.29. The third-order valence-corrected chi connectivity index (χ3v) is 2.61. The molecule has 1 N–H and O–H groups in total. The lowest BCUT2D eigenvalue weighted by atomic mass is 10.1. The zero-order valence-corrected chi connectivity index (χ0v) is 10.5. The van der Waals surface area contributed by atoms with Crippen molar-refractivity contribution in [2.45, 2.75) is 20.4 Å². The fraction of sp³-hybridized carbons (Fsp3) is 0.250. The molecule has 2 aromatic rings. The zero-order valence-electron chi connectivity index (χ0n) is 9.74. The summed E-state index contributed by atoms with van der Waals surface area (Å²) < 4.78 is 0. The number of hydrogen-bond donors (Lipinski definition) is 1. The van der Waals surface area contributed by atoms with E-state index in [2.05, 4.69) is 27.2 Å². The summed E-state index contributed by atoms with van der Waals surface area (Å²) in [6.45, 7) is 4.54. The van der Waals surface area contributed by atoms with Crippen LogP contribution in [-0.4, -0.2) is 15.0 Å². The molecule has 0 unspecified atom stereocenters. The molecule has 17 heavy (non-hydrogen) atoms. The Balaban J connectivity index is 2.10. The predicted molar refractivity (Wildman–Crippen MR) is 68.1 cm³/mol. The van der Waals surface area contributed by atoms with Crippen LogP contribution < -0.4 is 5.32 Å². The fourth-order valence-electron chi connectivity index (χ4n) is 1.49. The lowest BCUT2D eigenvalue weighted by Crippen LogP contribution is -2.04. The van der Waals surface area contributed by atoms with Gasteiger partial charge in [-0.25, -0.2) is 9.97 Å². The van der Waals surface area contributed by atoms with Crippen LogP contribution in [0.25, 0.3) is 0 Å². The second-order valence-electron chi connectivity index (χ2n) is 3.78. The van der Waals surface area contributed by atoms with Crippen molar-refractivity contribution in [2.75, 3.05) is 5.32 Å². The third-order valence-electron chi connectivity index (χ3n) is 2.41. The maximum atomic E-state index is 5.86. The van der Waals surface area contributed by atoms with E-state index in [0.29, 0.717) is 17.5 Å². The second-order valence-corrected chi connectivity index (χ2v) is 4.17. The van der Waals surface area contributed by atoms with Crippen LogP contribution in [0.4, 0.5) is 5.82 Å². The summed E-state index contributed by atoms with van der Waals surface area (Å²) in [5.74, 6) is 1.38. The Morgan fingerprint density at radius 3 is 2.82 bits per heavy atom. The number of nitrogens with zero attached hydrogens (tertiary/aromatic N) is 3. The van der Waals surface area contributed by atoms with Crippen molar-refractivity contribution in [2.24, 2.45) is 0 Å². The van der Waals surface area contributed by atoms with Crippen molar-refractivity contribution >= 4 is 17.4 Å². The minimum absolute atomic E-state index is 0.447. The molecule has 0 radical (unpaired) electrons. The van der Waals surface area contributed by atoms with Crippen LogP contribution in [0.2, 0.25) is 5.15 Å². The molecule has 0 aliphatic carbocycles. The van der Waals surface area contributed by atoms with Crippen LogP contribution in [0.3, 0.4) is 0 Å². The normalized spacial score (nSPS) is 10.3. The number of rotatable bonds is 3. The number of aromatic nitrogens is 3. The summed E-state index contributed by atoms with van der Waals surface area (Å²) in [5, 5.41) is 3.66. The van der Waals surface area contributed by atoms with E-state index in [1.165, 1.54) is 5.56 Å². The molecule has 2 aromatic heterocycles. The van der Waals surface area contributed by atoms with Gasteiger partial charge in [0, 0.05) is 25.0 Å². The molecule has 2 rings (SSSR count). The van der Waals surface area contributed by atoms with Gasteiger partial charge >= 0.3 is 0 Å². The Hall–Kier alpha value is -1.68. The molecule has 0 aliphatic heterocycles. The van der Waals surface area contributed by atoms with E-state index in [1.54, 1.807) is 12.3 Å². The number of hydrogen-bond acceptors (Lipinski definition) is 4. The van der Waals surface area contributed by atoms with Crippen molar-refractivity contribution in [1.82, 2.24) is 15.0 Å². The van der Waals surface area contributed by atoms with E-state index in [-0.39, 0.29) is 0 Å². The third kappa shape index (κ3) is 3.14. The van der Waals surface area contributed by atoms with Crippen molar-refractivity contribution in [1.29, 1.82) is 0 Å². The molecule has 0 spiro atoms. The van der Waals surface area contributed by atoms with Crippen LogP contribution >= 0.6 is 11.6 Å². The van der Waals surface area contributed by atoms with Crippen LogP contribution in [0.1, 0.15) is 17.0 Å². The number of pyridine rings is 1. The minimum Gasteiger partial charge on any atom is -0.366 e. The summed E-state index contributed by atoms with van der Waals surface area (Å²) >= 11 is 5.86. The Bertz CT molecular complexity index is 507. The Morgan fingerprint density at radius 1 is 1.29 bits per heavy atom. The SMILES string of the molecule is Cc1nc(Cl)cc(NCc2cnccc2C)n1. The largest absolute Gasteiger partial charge is 0.366 e. The number of aryl methyl sites for hydroxylation is 2. The highest BCUT2D eigenvalue weighted by molar-refractivity contribution is 6.29. The molecule has 0 fully saturated rings. The molecule has 0 bridgehead atoms. The van der Waals surface area contributed by atoms with Gasteiger partial charge in [0.15, 0.2) is 0 Å². The van der Waals surface area contributed by atoms with Gasteiger partial charge < -0.3 is 5.32 Å². The first-order valence-corrected chi connectivity index (χ1v) is 5.67. The molecule has 0 amide bonds. The van der Waals surface area contributed by atoms with Gasteiger partial charge in [0.2, 0.25) is 0 Å². The molecule has 2 heterocycles. The highest BCUT2D eigenvalue weighted by Gasteiger charge is 2.01. The first kappa shape index (κ1) is 11.8. The number of anilines is 1. The lowest BCUT2D eigenvalue weighted by Gasteiger charge is -2.08. The number of halogens is 1. The van der Waals surface area contributed by atoms with Gasteiger partial charge in [-0.2, -0.15) is 0 Å². The van der Waals surface area contributed by atoms with Gasteiger partial charge in [0.1, 0.15) is 16.8 Å². The molecule has 5 heteroatoms. The van der Waals surface area contributed by atoms with E-state index in [0.717, 1.165) is 11.4 Å². The maximum absolute atomic E-state index is 5.86. The molecule has 0 saturated heterocycles. The highest BCUT2D eigenvalue weighted by atomic mass is 35.5. The van der Waals surface area contributed by atoms with E-state index < -0.39 is 0 Å². The molecule has 0 aromatic carbocycles. The topological polar surface area (TPSA) is 50.7 Å². The number of nitrogens with one attached hydrogen (secondary N) is 1. The van der Waals surface area contributed by atoms with Crippen LogP contribution in [0, 0.1) is 13.8 Å². The van der Waals surface area contributed by atoms with Gasteiger partial charge in [0.05, 0.1) is 0 Å². The Morgan fingerprint density at radius 2 is 2.12 bits per heavy atom. The molecular weight excluding hydrogens is 236 g/mol. The molecule has 0 atom stereocenters.